The van der Waals surface area contributed by atoms with Gasteiger partial charge in [0.05, 0.1) is 6.54 Å². The summed E-state index contributed by atoms with van der Waals surface area (Å²) in [6, 6.07) is 12.8. The van der Waals surface area contributed by atoms with E-state index in [-0.39, 0.29) is 18.4 Å². The largest absolute Gasteiger partial charge is 0.337 e. The molecule has 2 aromatic heterocycles. The van der Waals surface area contributed by atoms with Crippen molar-refractivity contribution in [2.24, 2.45) is 5.92 Å². The van der Waals surface area contributed by atoms with E-state index in [0.717, 1.165) is 5.56 Å². The van der Waals surface area contributed by atoms with Crippen molar-refractivity contribution in [3.8, 4) is 11.4 Å². The molecule has 0 aliphatic carbocycles. The van der Waals surface area contributed by atoms with Gasteiger partial charge in [-0.15, -0.1) is 11.3 Å². The maximum Gasteiger partial charge on any atom is 0.252 e. The third-order valence-electron chi connectivity index (χ3n) is 5.14. The van der Waals surface area contributed by atoms with E-state index in [4.69, 9.17) is 4.52 Å². The Morgan fingerprint density at radius 1 is 1.20 bits per heavy atom. The lowest BCUT2D eigenvalue weighted by Crippen LogP contribution is -2.43. The van der Waals surface area contributed by atoms with Gasteiger partial charge in [0.2, 0.25) is 17.6 Å². The van der Waals surface area contributed by atoms with Crippen LogP contribution in [0.2, 0.25) is 0 Å². The molecule has 1 aromatic carbocycles. The number of thiophene rings is 1. The van der Waals surface area contributed by atoms with Crippen LogP contribution in [0, 0.1) is 5.92 Å². The minimum atomic E-state index is -3.47. The second kappa shape index (κ2) is 8.66. The van der Waals surface area contributed by atoms with Gasteiger partial charge in [-0.05, 0) is 24.3 Å². The van der Waals surface area contributed by atoms with E-state index < -0.39 is 10.0 Å². The fourth-order valence-electron chi connectivity index (χ4n) is 3.50. The summed E-state index contributed by atoms with van der Waals surface area (Å²) in [7, 11) is -1.77. The van der Waals surface area contributed by atoms with Crippen LogP contribution in [0.5, 0.6) is 0 Å². The zero-order valence-electron chi connectivity index (χ0n) is 16.5. The van der Waals surface area contributed by atoms with E-state index in [2.05, 4.69) is 10.1 Å². The highest BCUT2D eigenvalue weighted by molar-refractivity contribution is 7.91. The third-order valence-corrected chi connectivity index (χ3v) is 8.41. The fraction of sp³-hybridized carbons (Fsp3) is 0.350. The predicted molar refractivity (Wildman–Crippen MR) is 112 cm³/mol. The molecule has 0 N–H and O–H groups in total. The summed E-state index contributed by atoms with van der Waals surface area (Å²) in [6.45, 7) is 0.888. The summed E-state index contributed by atoms with van der Waals surface area (Å²) in [5, 5.41) is 5.73. The van der Waals surface area contributed by atoms with Crippen molar-refractivity contribution in [3.63, 3.8) is 0 Å². The number of nitrogens with zero attached hydrogens (tertiary/aromatic N) is 4. The number of piperidine rings is 1. The first-order valence-corrected chi connectivity index (χ1v) is 11.9. The van der Waals surface area contributed by atoms with E-state index in [9.17, 15) is 13.2 Å². The molecule has 1 aliphatic heterocycles. The lowest BCUT2D eigenvalue weighted by atomic mass is 9.97. The summed E-state index contributed by atoms with van der Waals surface area (Å²) >= 11 is 1.21. The number of amides is 1. The van der Waals surface area contributed by atoms with Crippen LogP contribution in [0.4, 0.5) is 0 Å². The van der Waals surface area contributed by atoms with Crippen LogP contribution in [-0.2, 0) is 21.4 Å². The highest BCUT2D eigenvalue weighted by atomic mass is 32.2. The highest BCUT2D eigenvalue weighted by Crippen LogP contribution is 2.27. The summed E-state index contributed by atoms with van der Waals surface area (Å²) in [4.78, 5) is 18.8. The van der Waals surface area contributed by atoms with Gasteiger partial charge in [-0.1, -0.05) is 41.6 Å². The lowest BCUT2D eigenvalue weighted by Gasteiger charge is -2.31. The van der Waals surface area contributed by atoms with Crippen molar-refractivity contribution < 1.29 is 17.7 Å². The average molecular weight is 447 g/mol. The number of carbonyl (C=O) groups is 1. The first kappa shape index (κ1) is 20.7. The van der Waals surface area contributed by atoms with Crippen molar-refractivity contribution in [2.45, 2.75) is 23.6 Å². The first-order valence-electron chi connectivity index (χ1n) is 9.62. The van der Waals surface area contributed by atoms with Gasteiger partial charge >= 0.3 is 0 Å². The smallest absolute Gasteiger partial charge is 0.252 e. The van der Waals surface area contributed by atoms with Crippen LogP contribution in [0.1, 0.15) is 18.7 Å². The van der Waals surface area contributed by atoms with Crippen molar-refractivity contribution >= 4 is 27.3 Å². The molecular weight excluding hydrogens is 424 g/mol. The minimum Gasteiger partial charge on any atom is -0.337 e. The van der Waals surface area contributed by atoms with Gasteiger partial charge in [0.15, 0.2) is 0 Å². The average Bonchev–Trinajstić information content (AvgIpc) is 3.47. The van der Waals surface area contributed by atoms with Gasteiger partial charge in [-0.2, -0.15) is 9.29 Å². The van der Waals surface area contributed by atoms with Crippen LogP contribution in [-0.4, -0.2) is 53.8 Å². The quantitative estimate of drug-likeness (QED) is 0.578. The summed E-state index contributed by atoms with van der Waals surface area (Å²) in [5.74, 6) is 0.588. The molecular formula is C20H22N4O4S2. The molecule has 0 atom stereocenters. The van der Waals surface area contributed by atoms with Crippen LogP contribution < -0.4 is 0 Å². The van der Waals surface area contributed by atoms with Crippen LogP contribution in [0.15, 0.2) is 56.6 Å². The van der Waals surface area contributed by atoms with E-state index in [1.165, 1.54) is 15.6 Å². The van der Waals surface area contributed by atoms with E-state index in [1.54, 1.807) is 29.5 Å². The summed E-state index contributed by atoms with van der Waals surface area (Å²) < 4.78 is 32.4. The molecule has 0 bridgehead atoms. The lowest BCUT2D eigenvalue weighted by molar-refractivity contribution is -0.136. The van der Waals surface area contributed by atoms with Crippen LogP contribution >= 0.6 is 11.3 Å². The molecule has 158 valence electrons. The van der Waals surface area contributed by atoms with E-state index >= 15 is 0 Å². The number of rotatable bonds is 6. The Labute approximate surface area is 179 Å². The molecule has 0 unspecified atom stereocenters. The van der Waals surface area contributed by atoms with E-state index in [1.807, 2.05) is 30.3 Å². The number of hydrogen-bond acceptors (Lipinski definition) is 7. The van der Waals surface area contributed by atoms with Gasteiger partial charge in [0.1, 0.15) is 4.21 Å². The first-order chi connectivity index (χ1) is 14.4. The summed E-state index contributed by atoms with van der Waals surface area (Å²) in [6.07, 6.45) is 0.986. The maximum absolute atomic E-state index is 12.8. The second-order valence-electron chi connectivity index (χ2n) is 7.18. The van der Waals surface area contributed by atoms with Crippen molar-refractivity contribution in [3.05, 3.63) is 53.7 Å². The molecule has 3 heterocycles. The molecule has 1 fully saturated rings. The molecule has 3 aromatic rings. The fourth-order valence-corrected chi connectivity index (χ4v) is 6.11. The molecule has 0 radical (unpaired) electrons. The summed E-state index contributed by atoms with van der Waals surface area (Å²) in [5.41, 5.74) is 0.848. The highest BCUT2D eigenvalue weighted by Gasteiger charge is 2.33. The van der Waals surface area contributed by atoms with Crippen LogP contribution in [0.3, 0.4) is 0 Å². The number of hydrogen-bond donors (Lipinski definition) is 0. The number of benzene rings is 1. The van der Waals surface area contributed by atoms with Gasteiger partial charge in [-0.3, -0.25) is 4.79 Å². The molecule has 8 nitrogen and oxygen atoms in total. The molecule has 0 saturated carbocycles. The Kier molecular flexibility index (Phi) is 5.98. The Hall–Kier alpha value is -2.56. The molecule has 4 rings (SSSR count). The zero-order chi connectivity index (χ0) is 21.1. The van der Waals surface area contributed by atoms with Gasteiger partial charge in [-0.25, -0.2) is 8.42 Å². The van der Waals surface area contributed by atoms with Gasteiger partial charge in [0, 0.05) is 31.6 Å². The normalized spacial score (nSPS) is 15.9. The standard InChI is InChI=1S/C20H22N4O4S2/c1-23(14-17-21-19(22-28-17)15-6-3-2-4-7-15)20(25)16-9-11-24(12-10-16)30(26,27)18-8-5-13-29-18/h2-8,13,16H,9-12,14H2,1H3. The van der Waals surface area contributed by atoms with Gasteiger partial charge in [0.25, 0.3) is 10.0 Å². The Morgan fingerprint density at radius 3 is 2.60 bits per heavy atom. The molecule has 1 amide bonds. The van der Waals surface area contributed by atoms with Crippen molar-refractivity contribution in [2.75, 3.05) is 20.1 Å². The Bertz CT molecular complexity index is 1090. The van der Waals surface area contributed by atoms with Crippen molar-refractivity contribution in [1.29, 1.82) is 0 Å². The third kappa shape index (κ3) is 4.30. The van der Waals surface area contributed by atoms with Gasteiger partial charge < -0.3 is 9.42 Å². The van der Waals surface area contributed by atoms with Crippen molar-refractivity contribution in [1.82, 2.24) is 19.3 Å². The molecule has 1 saturated heterocycles. The monoisotopic (exact) mass is 446 g/mol. The second-order valence-corrected chi connectivity index (χ2v) is 10.3. The SMILES string of the molecule is CN(Cc1nc(-c2ccccc2)no1)C(=O)C1CCN(S(=O)(=O)c2cccs2)CC1. The Balaban J connectivity index is 1.34. The minimum absolute atomic E-state index is 0.0392. The predicted octanol–water partition coefficient (Wildman–Crippen LogP) is 2.86. The maximum atomic E-state index is 12.8. The zero-order valence-corrected chi connectivity index (χ0v) is 18.1. The molecule has 30 heavy (non-hydrogen) atoms. The molecule has 1 aliphatic rings. The Morgan fingerprint density at radius 2 is 1.93 bits per heavy atom. The number of aromatic nitrogens is 2. The molecule has 0 spiro atoms. The number of carbonyl (C=O) groups excluding carboxylic acids is 1. The number of sulfonamides is 1. The van der Waals surface area contributed by atoms with E-state index in [0.29, 0.717) is 41.9 Å². The van der Waals surface area contributed by atoms with Crippen LogP contribution in [0.25, 0.3) is 11.4 Å². The molecule has 10 heteroatoms. The topological polar surface area (TPSA) is 96.6 Å².